The third-order valence-electron chi connectivity index (χ3n) is 2.37. The molecule has 0 aliphatic carbocycles. The molecule has 0 aromatic heterocycles. The summed E-state index contributed by atoms with van der Waals surface area (Å²) in [5.74, 6) is 0.398. The van der Waals surface area contributed by atoms with Crippen molar-refractivity contribution in [1.29, 1.82) is 5.26 Å². The summed E-state index contributed by atoms with van der Waals surface area (Å²) in [6.07, 6.45) is 0.949. The molecule has 0 saturated heterocycles. The van der Waals surface area contributed by atoms with Crippen LogP contribution in [0.5, 0.6) is 0 Å². The average molecular weight is 246 g/mol. The maximum atomic E-state index is 11.5. The molecule has 1 N–H and O–H groups in total. The highest BCUT2D eigenvalue weighted by Crippen LogP contribution is 2.08. The summed E-state index contributed by atoms with van der Waals surface area (Å²) in [6, 6.07) is 8.74. The highest BCUT2D eigenvalue weighted by atomic mass is 16.5. The molecule has 0 aliphatic heterocycles. The molecule has 0 spiro atoms. The third kappa shape index (κ3) is 5.46. The van der Waals surface area contributed by atoms with E-state index >= 15 is 0 Å². The molecule has 18 heavy (non-hydrogen) atoms. The highest BCUT2D eigenvalue weighted by Gasteiger charge is 2.03. The fourth-order valence-electron chi connectivity index (χ4n) is 1.31. The van der Waals surface area contributed by atoms with Gasteiger partial charge in [0.1, 0.15) is 6.61 Å². The van der Waals surface area contributed by atoms with Crippen LogP contribution in [0.25, 0.3) is 0 Å². The largest absolute Gasteiger partial charge is 0.372 e. The summed E-state index contributed by atoms with van der Waals surface area (Å²) in [7, 11) is 0. The molecule has 1 aromatic rings. The molecule has 1 amide bonds. The Bertz CT molecular complexity index is 418. The van der Waals surface area contributed by atoms with Gasteiger partial charge in [-0.25, -0.2) is 0 Å². The minimum absolute atomic E-state index is 0.0622. The van der Waals surface area contributed by atoms with Crippen molar-refractivity contribution in [2.24, 2.45) is 5.92 Å². The van der Waals surface area contributed by atoms with E-state index in [0.29, 0.717) is 23.8 Å². The second kappa shape index (κ2) is 7.46. The van der Waals surface area contributed by atoms with Crippen LogP contribution in [-0.4, -0.2) is 19.1 Å². The molecule has 96 valence electrons. The lowest BCUT2D eigenvalue weighted by atomic mass is 10.1. The van der Waals surface area contributed by atoms with Crippen molar-refractivity contribution in [3.63, 3.8) is 0 Å². The van der Waals surface area contributed by atoms with Gasteiger partial charge in [0.15, 0.2) is 0 Å². The second-order valence-electron chi connectivity index (χ2n) is 4.47. The van der Waals surface area contributed by atoms with Gasteiger partial charge in [-0.2, -0.15) is 5.26 Å². The number of nitriles is 1. The molecule has 4 heteroatoms. The van der Waals surface area contributed by atoms with Gasteiger partial charge in [-0.3, -0.25) is 4.79 Å². The number of nitrogens with zero attached hydrogens (tertiary/aromatic N) is 1. The number of carbonyl (C=O) groups excluding carboxylic acids is 1. The Labute approximate surface area is 108 Å². The quantitative estimate of drug-likeness (QED) is 0.785. The molecular formula is C14H18N2O2. The third-order valence-corrected chi connectivity index (χ3v) is 2.37. The SMILES string of the molecule is CC(C)CCOCC(=O)Nc1ccc(C#N)cc1. The maximum Gasteiger partial charge on any atom is 0.250 e. The van der Waals surface area contributed by atoms with Crippen LogP contribution < -0.4 is 5.32 Å². The molecule has 0 unspecified atom stereocenters. The van der Waals surface area contributed by atoms with Crippen molar-refractivity contribution in [2.75, 3.05) is 18.5 Å². The number of rotatable bonds is 6. The van der Waals surface area contributed by atoms with Crippen molar-refractivity contribution < 1.29 is 9.53 Å². The van der Waals surface area contributed by atoms with Gasteiger partial charge in [-0.05, 0) is 36.6 Å². The summed E-state index contributed by atoms with van der Waals surface area (Å²) in [4.78, 5) is 11.5. The lowest BCUT2D eigenvalue weighted by Gasteiger charge is -2.07. The molecule has 0 radical (unpaired) electrons. The lowest BCUT2D eigenvalue weighted by Crippen LogP contribution is -2.18. The standard InChI is InChI=1S/C14H18N2O2/c1-11(2)7-8-18-10-14(17)16-13-5-3-12(9-15)4-6-13/h3-6,11H,7-8,10H2,1-2H3,(H,16,17). The van der Waals surface area contributed by atoms with Gasteiger partial charge < -0.3 is 10.1 Å². The number of hydrogen-bond donors (Lipinski definition) is 1. The van der Waals surface area contributed by atoms with Crippen LogP contribution in [0.3, 0.4) is 0 Å². The predicted octanol–water partition coefficient (Wildman–Crippen LogP) is 2.56. The van der Waals surface area contributed by atoms with E-state index in [1.54, 1.807) is 24.3 Å². The van der Waals surface area contributed by atoms with Gasteiger partial charge in [-0.15, -0.1) is 0 Å². The van der Waals surface area contributed by atoms with Crippen LogP contribution in [0.15, 0.2) is 24.3 Å². The second-order valence-corrected chi connectivity index (χ2v) is 4.47. The lowest BCUT2D eigenvalue weighted by molar-refractivity contribution is -0.120. The molecular weight excluding hydrogens is 228 g/mol. The van der Waals surface area contributed by atoms with Crippen LogP contribution in [0.2, 0.25) is 0 Å². The summed E-state index contributed by atoms with van der Waals surface area (Å²) in [6.45, 7) is 4.88. The highest BCUT2D eigenvalue weighted by molar-refractivity contribution is 5.91. The number of nitrogens with one attached hydrogen (secondary N) is 1. The summed E-state index contributed by atoms with van der Waals surface area (Å²) in [5, 5.41) is 11.3. The average Bonchev–Trinajstić information content (AvgIpc) is 2.35. The predicted molar refractivity (Wildman–Crippen MR) is 70.1 cm³/mol. The van der Waals surface area contributed by atoms with Gasteiger partial charge in [-0.1, -0.05) is 13.8 Å². The van der Waals surface area contributed by atoms with E-state index in [1.807, 2.05) is 6.07 Å². The van der Waals surface area contributed by atoms with Crippen molar-refractivity contribution >= 4 is 11.6 Å². The van der Waals surface area contributed by atoms with Gasteiger partial charge in [0, 0.05) is 12.3 Å². The minimum atomic E-state index is -0.177. The van der Waals surface area contributed by atoms with Gasteiger partial charge >= 0.3 is 0 Å². The van der Waals surface area contributed by atoms with Gasteiger partial charge in [0.05, 0.1) is 11.6 Å². The summed E-state index contributed by atoms with van der Waals surface area (Å²) in [5.41, 5.74) is 1.24. The Balaban J connectivity index is 2.29. The van der Waals surface area contributed by atoms with Crippen LogP contribution in [0.1, 0.15) is 25.8 Å². The van der Waals surface area contributed by atoms with E-state index in [9.17, 15) is 4.79 Å². The zero-order valence-electron chi connectivity index (χ0n) is 10.8. The molecule has 1 rings (SSSR count). The molecule has 1 aromatic carbocycles. The molecule has 0 atom stereocenters. The molecule has 0 saturated carbocycles. The molecule has 0 aliphatic rings. The van der Waals surface area contributed by atoms with Crippen LogP contribution in [0, 0.1) is 17.2 Å². The Kier molecular flexibility index (Phi) is 5.89. The summed E-state index contributed by atoms with van der Waals surface area (Å²) >= 11 is 0. The maximum absolute atomic E-state index is 11.5. The Morgan fingerprint density at radius 1 is 1.39 bits per heavy atom. The Morgan fingerprint density at radius 2 is 2.06 bits per heavy atom. The monoisotopic (exact) mass is 246 g/mol. The van der Waals surface area contributed by atoms with E-state index in [1.165, 1.54) is 0 Å². The molecule has 0 bridgehead atoms. The zero-order valence-corrected chi connectivity index (χ0v) is 10.8. The molecule has 4 nitrogen and oxygen atoms in total. The van der Waals surface area contributed by atoms with E-state index in [2.05, 4.69) is 19.2 Å². The first kappa shape index (κ1) is 14.2. The van der Waals surface area contributed by atoms with Crippen molar-refractivity contribution in [1.82, 2.24) is 0 Å². The van der Waals surface area contributed by atoms with Crippen LogP contribution >= 0.6 is 0 Å². The minimum Gasteiger partial charge on any atom is -0.372 e. The molecule has 0 fully saturated rings. The van der Waals surface area contributed by atoms with Crippen molar-refractivity contribution in [3.8, 4) is 6.07 Å². The topological polar surface area (TPSA) is 62.1 Å². The van der Waals surface area contributed by atoms with Crippen molar-refractivity contribution in [2.45, 2.75) is 20.3 Å². The number of amides is 1. The number of hydrogen-bond acceptors (Lipinski definition) is 3. The van der Waals surface area contributed by atoms with E-state index in [0.717, 1.165) is 6.42 Å². The number of anilines is 1. The van der Waals surface area contributed by atoms with E-state index in [-0.39, 0.29) is 12.5 Å². The summed E-state index contributed by atoms with van der Waals surface area (Å²) < 4.78 is 5.26. The number of carbonyl (C=O) groups is 1. The number of ether oxygens (including phenoxy) is 1. The van der Waals surface area contributed by atoms with Crippen LogP contribution in [0.4, 0.5) is 5.69 Å². The molecule has 0 heterocycles. The van der Waals surface area contributed by atoms with E-state index < -0.39 is 0 Å². The smallest absolute Gasteiger partial charge is 0.250 e. The fourth-order valence-corrected chi connectivity index (χ4v) is 1.31. The van der Waals surface area contributed by atoms with Crippen LogP contribution in [-0.2, 0) is 9.53 Å². The Hall–Kier alpha value is -1.86. The van der Waals surface area contributed by atoms with Gasteiger partial charge in [0.25, 0.3) is 0 Å². The zero-order chi connectivity index (χ0) is 13.4. The van der Waals surface area contributed by atoms with Gasteiger partial charge in [0.2, 0.25) is 5.91 Å². The first-order valence-corrected chi connectivity index (χ1v) is 5.99. The first-order chi connectivity index (χ1) is 8.61. The first-order valence-electron chi connectivity index (χ1n) is 5.99. The fraction of sp³-hybridized carbons (Fsp3) is 0.429. The number of benzene rings is 1. The Morgan fingerprint density at radius 3 is 2.61 bits per heavy atom. The van der Waals surface area contributed by atoms with Crippen molar-refractivity contribution in [3.05, 3.63) is 29.8 Å². The van der Waals surface area contributed by atoms with E-state index in [4.69, 9.17) is 10.00 Å². The normalized spacial score (nSPS) is 10.1.